The summed E-state index contributed by atoms with van der Waals surface area (Å²) >= 11 is 0. The van der Waals surface area contributed by atoms with Crippen molar-refractivity contribution in [2.75, 3.05) is 44.4 Å². The molecule has 5 nitrogen and oxygen atoms in total. The van der Waals surface area contributed by atoms with Gasteiger partial charge in [-0.3, -0.25) is 4.90 Å². The number of nitrogens with one attached hydrogen (secondary N) is 1. The van der Waals surface area contributed by atoms with Crippen molar-refractivity contribution in [3.63, 3.8) is 0 Å². The van der Waals surface area contributed by atoms with Crippen molar-refractivity contribution in [1.29, 1.82) is 0 Å². The molecule has 6 heteroatoms. The zero-order chi connectivity index (χ0) is 13.0. The van der Waals surface area contributed by atoms with E-state index in [9.17, 15) is 8.42 Å². The molecule has 2 aliphatic rings. The van der Waals surface area contributed by atoms with Gasteiger partial charge in [0, 0.05) is 31.7 Å². The summed E-state index contributed by atoms with van der Waals surface area (Å²) in [5, 5.41) is 3.56. The van der Waals surface area contributed by atoms with Gasteiger partial charge in [-0.2, -0.15) is 0 Å². The fourth-order valence-electron chi connectivity index (χ4n) is 2.68. The van der Waals surface area contributed by atoms with Crippen LogP contribution in [0.1, 0.15) is 19.8 Å². The van der Waals surface area contributed by atoms with Crippen LogP contribution in [-0.4, -0.2) is 69.8 Å². The minimum Gasteiger partial charge on any atom is -0.379 e. The summed E-state index contributed by atoms with van der Waals surface area (Å²) < 4.78 is 28.0. The van der Waals surface area contributed by atoms with E-state index in [0.29, 0.717) is 23.6 Å². The van der Waals surface area contributed by atoms with Crippen molar-refractivity contribution >= 4 is 9.84 Å². The molecule has 0 aromatic heterocycles. The second kappa shape index (κ2) is 6.32. The SMILES string of the molecule is CC(CN1CCOCC1)NC1CCS(=O)(=O)CC1. The lowest BCUT2D eigenvalue weighted by Crippen LogP contribution is -2.48. The maximum Gasteiger partial charge on any atom is 0.150 e. The average Bonchev–Trinajstić information content (AvgIpc) is 2.33. The molecule has 2 rings (SSSR count). The smallest absolute Gasteiger partial charge is 0.150 e. The van der Waals surface area contributed by atoms with Crippen LogP contribution in [0.15, 0.2) is 0 Å². The van der Waals surface area contributed by atoms with Gasteiger partial charge in [-0.25, -0.2) is 8.42 Å². The van der Waals surface area contributed by atoms with Crippen LogP contribution in [0.2, 0.25) is 0 Å². The molecule has 1 N–H and O–H groups in total. The van der Waals surface area contributed by atoms with Crippen molar-refractivity contribution in [3.8, 4) is 0 Å². The molecule has 2 fully saturated rings. The standard InChI is InChI=1S/C12H24N2O3S/c1-11(10-14-4-6-17-7-5-14)13-12-2-8-18(15,16)9-3-12/h11-13H,2-10H2,1H3. The molecule has 106 valence electrons. The summed E-state index contributed by atoms with van der Waals surface area (Å²) in [4.78, 5) is 2.40. The Labute approximate surface area is 110 Å². The Morgan fingerprint density at radius 2 is 1.89 bits per heavy atom. The van der Waals surface area contributed by atoms with Crippen LogP contribution in [0.25, 0.3) is 0 Å². The van der Waals surface area contributed by atoms with Crippen LogP contribution in [0.5, 0.6) is 0 Å². The third-order valence-corrected chi connectivity index (χ3v) is 5.43. The Morgan fingerprint density at radius 3 is 2.50 bits per heavy atom. The first-order valence-corrected chi connectivity index (χ1v) is 8.64. The van der Waals surface area contributed by atoms with Crippen molar-refractivity contribution < 1.29 is 13.2 Å². The Morgan fingerprint density at radius 1 is 1.28 bits per heavy atom. The maximum absolute atomic E-state index is 11.3. The molecule has 0 aromatic carbocycles. The molecule has 1 atom stereocenters. The molecule has 0 amide bonds. The van der Waals surface area contributed by atoms with Crippen LogP contribution >= 0.6 is 0 Å². The topological polar surface area (TPSA) is 58.6 Å². The summed E-state index contributed by atoms with van der Waals surface area (Å²) in [6.45, 7) is 6.87. The number of nitrogens with zero attached hydrogens (tertiary/aromatic N) is 1. The quantitative estimate of drug-likeness (QED) is 0.775. The van der Waals surface area contributed by atoms with E-state index in [-0.39, 0.29) is 0 Å². The zero-order valence-electron chi connectivity index (χ0n) is 11.1. The first kappa shape index (κ1) is 14.2. The third kappa shape index (κ3) is 4.50. The van der Waals surface area contributed by atoms with Gasteiger partial charge >= 0.3 is 0 Å². The fourth-order valence-corrected chi connectivity index (χ4v) is 4.17. The normalized spacial score (nSPS) is 28.1. The molecule has 0 aliphatic carbocycles. The highest BCUT2D eigenvalue weighted by Gasteiger charge is 2.24. The van der Waals surface area contributed by atoms with E-state index in [1.165, 1.54) is 0 Å². The number of sulfone groups is 1. The molecule has 0 radical (unpaired) electrons. The molecule has 1 unspecified atom stereocenters. The monoisotopic (exact) mass is 276 g/mol. The summed E-state index contributed by atoms with van der Waals surface area (Å²) in [6, 6.07) is 0.776. The van der Waals surface area contributed by atoms with Gasteiger partial charge in [0.15, 0.2) is 0 Å². The minimum atomic E-state index is -2.75. The molecular formula is C12H24N2O3S. The lowest BCUT2D eigenvalue weighted by molar-refractivity contribution is 0.0338. The van der Waals surface area contributed by atoms with Crippen molar-refractivity contribution in [3.05, 3.63) is 0 Å². The van der Waals surface area contributed by atoms with Crippen LogP contribution in [0, 0.1) is 0 Å². The molecule has 2 heterocycles. The van der Waals surface area contributed by atoms with Crippen LogP contribution in [-0.2, 0) is 14.6 Å². The first-order valence-electron chi connectivity index (χ1n) is 6.82. The van der Waals surface area contributed by atoms with Crippen molar-refractivity contribution in [1.82, 2.24) is 10.2 Å². The summed E-state index contributed by atoms with van der Waals surface area (Å²) in [7, 11) is -2.75. The Hall–Kier alpha value is -0.170. The van der Waals surface area contributed by atoms with Gasteiger partial charge in [0.25, 0.3) is 0 Å². The van der Waals surface area contributed by atoms with Crippen LogP contribution in [0.4, 0.5) is 0 Å². The molecule has 0 spiro atoms. The maximum atomic E-state index is 11.3. The second-order valence-corrected chi connectivity index (χ2v) is 7.71. The van der Waals surface area contributed by atoms with E-state index in [4.69, 9.17) is 4.74 Å². The van der Waals surface area contributed by atoms with Gasteiger partial charge in [-0.1, -0.05) is 0 Å². The predicted octanol–water partition coefficient (Wildman–Crippen LogP) is -0.126. The van der Waals surface area contributed by atoms with E-state index in [0.717, 1.165) is 45.7 Å². The molecule has 18 heavy (non-hydrogen) atoms. The van der Waals surface area contributed by atoms with Gasteiger partial charge < -0.3 is 10.1 Å². The fraction of sp³-hybridized carbons (Fsp3) is 1.00. The average molecular weight is 276 g/mol. The van der Waals surface area contributed by atoms with Gasteiger partial charge in [-0.15, -0.1) is 0 Å². The Balaban J connectivity index is 1.69. The molecule has 0 aromatic rings. The minimum absolute atomic E-state index is 0.342. The van der Waals surface area contributed by atoms with E-state index in [2.05, 4.69) is 17.1 Å². The van der Waals surface area contributed by atoms with E-state index >= 15 is 0 Å². The number of ether oxygens (including phenoxy) is 1. The predicted molar refractivity (Wildman–Crippen MR) is 71.5 cm³/mol. The largest absolute Gasteiger partial charge is 0.379 e. The third-order valence-electron chi connectivity index (χ3n) is 3.71. The van der Waals surface area contributed by atoms with Gasteiger partial charge in [-0.05, 0) is 19.8 Å². The summed E-state index contributed by atoms with van der Waals surface area (Å²) in [5.41, 5.74) is 0. The van der Waals surface area contributed by atoms with Crippen molar-refractivity contribution in [2.24, 2.45) is 0 Å². The summed E-state index contributed by atoms with van der Waals surface area (Å²) in [5.74, 6) is 0.684. The summed E-state index contributed by atoms with van der Waals surface area (Å²) in [6.07, 6.45) is 1.52. The Bertz CT molecular complexity index is 338. The number of morpholine rings is 1. The molecular weight excluding hydrogens is 252 g/mol. The van der Waals surface area contributed by atoms with Crippen LogP contribution < -0.4 is 5.32 Å². The van der Waals surface area contributed by atoms with Gasteiger partial charge in [0.05, 0.1) is 24.7 Å². The number of hydrogen-bond acceptors (Lipinski definition) is 5. The molecule has 0 bridgehead atoms. The second-order valence-electron chi connectivity index (χ2n) is 5.41. The zero-order valence-corrected chi connectivity index (χ0v) is 11.9. The Kier molecular flexibility index (Phi) is 5.00. The molecule has 0 saturated carbocycles. The highest BCUT2D eigenvalue weighted by atomic mass is 32.2. The molecule has 2 aliphatic heterocycles. The van der Waals surface area contributed by atoms with Gasteiger partial charge in [0.2, 0.25) is 0 Å². The first-order chi connectivity index (χ1) is 8.55. The van der Waals surface area contributed by atoms with Crippen LogP contribution in [0.3, 0.4) is 0 Å². The highest BCUT2D eigenvalue weighted by molar-refractivity contribution is 7.91. The molecule has 2 saturated heterocycles. The number of rotatable bonds is 4. The lowest BCUT2D eigenvalue weighted by atomic mass is 10.1. The van der Waals surface area contributed by atoms with E-state index in [1.807, 2.05) is 0 Å². The van der Waals surface area contributed by atoms with Crippen molar-refractivity contribution in [2.45, 2.75) is 31.8 Å². The lowest BCUT2D eigenvalue weighted by Gasteiger charge is -2.32. The van der Waals surface area contributed by atoms with E-state index in [1.54, 1.807) is 0 Å². The van der Waals surface area contributed by atoms with Gasteiger partial charge in [0.1, 0.15) is 9.84 Å². The van der Waals surface area contributed by atoms with E-state index < -0.39 is 9.84 Å². The number of hydrogen-bond donors (Lipinski definition) is 1. The highest BCUT2D eigenvalue weighted by Crippen LogP contribution is 2.13.